The molecule has 0 aliphatic rings. The third-order valence-electron chi connectivity index (χ3n) is 1.90. The average molecular weight is 384 g/mol. The predicted molar refractivity (Wildman–Crippen MR) is 68.3 cm³/mol. The summed E-state index contributed by atoms with van der Waals surface area (Å²) in [5.41, 5.74) is 0.440. The van der Waals surface area contributed by atoms with Gasteiger partial charge in [-0.3, -0.25) is 4.55 Å². The van der Waals surface area contributed by atoms with Crippen LogP contribution in [0.2, 0.25) is 0 Å². The van der Waals surface area contributed by atoms with Crippen LogP contribution in [-0.4, -0.2) is 29.8 Å². The van der Waals surface area contributed by atoms with Crippen molar-refractivity contribution in [2.75, 3.05) is 5.73 Å². The van der Waals surface area contributed by atoms with E-state index in [-0.39, 0.29) is 5.75 Å². The molecule has 0 radical (unpaired) electrons. The Bertz CT molecular complexity index is 783. The summed E-state index contributed by atoms with van der Waals surface area (Å²) in [5.74, 6) is -0.265. The maximum atomic E-state index is 11.9. The second-order valence-corrected chi connectivity index (χ2v) is 6.13. The summed E-state index contributed by atoms with van der Waals surface area (Å²) in [6, 6.07) is 3.90. The zero-order valence-electron chi connectivity index (χ0n) is 10.5. The largest absolute Gasteiger partial charge is 0.573 e. The van der Waals surface area contributed by atoms with Crippen LogP contribution in [0, 0.1) is 0 Å². The number of benzene rings is 1. The van der Waals surface area contributed by atoms with Crippen LogP contribution in [0.25, 0.3) is 10.2 Å². The maximum Gasteiger partial charge on any atom is 0.573 e. The highest BCUT2D eigenvalue weighted by atomic mass is 32.2. The Hall–Kier alpha value is -1.80. The van der Waals surface area contributed by atoms with Gasteiger partial charge in [-0.15, -0.1) is 13.2 Å². The molecule has 2 aromatic rings. The molecule has 2 rings (SSSR count). The quantitative estimate of drug-likeness (QED) is 0.445. The Kier molecular flexibility index (Phi) is 5.33. The number of thiazole rings is 1. The van der Waals surface area contributed by atoms with E-state index in [1.807, 2.05) is 0 Å². The number of anilines is 1. The minimum Gasteiger partial charge on any atom is -0.406 e. The standard InChI is InChI=1S/C8H5F3N2OS.CHF3O3S/c9-8(10,11)14-4-1-2-5-6(3-4)15-7(12)13-5;2-1(3,4)8(5,6)7/h1-3H,(H2,12,13);(H,5,6,7). The molecule has 0 unspecified atom stereocenters. The molecule has 3 N–H and O–H groups in total. The minimum absolute atomic E-state index is 0.265. The van der Waals surface area contributed by atoms with Gasteiger partial charge in [-0.1, -0.05) is 11.3 Å². The fourth-order valence-electron chi connectivity index (χ4n) is 1.12. The highest BCUT2D eigenvalue weighted by Gasteiger charge is 2.44. The average Bonchev–Trinajstić information content (AvgIpc) is 2.64. The van der Waals surface area contributed by atoms with Crippen LogP contribution in [0.5, 0.6) is 5.75 Å². The van der Waals surface area contributed by atoms with Crippen molar-refractivity contribution in [2.24, 2.45) is 0 Å². The molecule has 1 aromatic heterocycles. The van der Waals surface area contributed by atoms with E-state index in [0.717, 1.165) is 11.3 Å². The summed E-state index contributed by atoms with van der Waals surface area (Å²) >= 11 is 1.11. The number of fused-ring (bicyclic) bond motifs is 1. The molecule has 1 heterocycles. The van der Waals surface area contributed by atoms with Gasteiger partial charge in [0.05, 0.1) is 10.2 Å². The van der Waals surface area contributed by atoms with E-state index in [2.05, 4.69) is 9.72 Å². The second-order valence-electron chi connectivity index (χ2n) is 3.65. The van der Waals surface area contributed by atoms with Crippen LogP contribution in [0.15, 0.2) is 18.2 Å². The van der Waals surface area contributed by atoms with Gasteiger partial charge in [0.2, 0.25) is 0 Å². The molecule has 23 heavy (non-hydrogen) atoms. The van der Waals surface area contributed by atoms with Crippen molar-refractivity contribution >= 4 is 36.8 Å². The fraction of sp³-hybridized carbons (Fsp3) is 0.222. The fourth-order valence-corrected chi connectivity index (χ4v) is 1.88. The van der Waals surface area contributed by atoms with E-state index in [9.17, 15) is 26.3 Å². The Morgan fingerprint density at radius 3 is 2.13 bits per heavy atom. The number of rotatable bonds is 1. The molecule has 0 atom stereocenters. The molecule has 6 nitrogen and oxygen atoms in total. The number of alkyl halides is 6. The molecule has 0 saturated carbocycles. The van der Waals surface area contributed by atoms with Crippen molar-refractivity contribution in [2.45, 2.75) is 11.9 Å². The summed E-state index contributed by atoms with van der Waals surface area (Å²) in [7, 11) is -5.84. The molecule has 130 valence electrons. The number of aromatic nitrogens is 1. The molecule has 0 fully saturated rings. The number of nitrogens with zero attached hydrogens (tertiary/aromatic N) is 1. The molecular formula is C9H6F6N2O4S2. The Morgan fingerprint density at radius 1 is 1.17 bits per heavy atom. The van der Waals surface area contributed by atoms with Crippen LogP contribution in [0.1, 0.15) is 0 Å². The summed E-state index contributed by atoms with van der Waals surface area (Å²) in [6.07, 6.45) is -4.68. The number of nitrogen functional groups attached to an aromatic ring is 1. The number of hydrogen-bond donors (Lipinski definition) is 2. The third-order valence-corrected chi connectivity index (χ3v) is 3.33. The van der Waals surface area contributed by atoms with Crippen LogP contribution in [0.4, 0.5) is 31.5 Å². The Morgan fingerprint density at radius 2 is 1.70 bits per heavy atom. The lowest BCUT2D eigenvalue weighted by Crippen LogP contribution is -2.21. The number of hydrogen-bond acceptors (Lipinski definition) is 6. The number of nitrogens with two attached hydrogens (primary N) is 1. The number of halogens is 6. The van der Waals surface area contributed by atoms with Crippen LogP contribution < -0.4 is 10.5 Å². The summed E-state index contributed by atoms with van der Waals surface area (Å²) in [5, 5.41) is 0.314. The summed E-state index contributed by atoms with van der Waals surface area (Å²) in [4.78, 5) is 3.91. The topological polar surface area (TPSA) is 103 Å². The molecule has 0 saturated heterocycles. The van der Waals surface area contributed by atoms with E-state index in [1.165, 1.54) is 18.2 Å². The van der Waals surface area contributed by atoms with E-state index in [1.54, 1.807) is 0 Å². The van der Waals surface area contributed by atoms with Gasteiger partial charge in [-0.25, -0.2) is 4.98 Å². The van der Waals surface area contributed by atoms with Crippen LogP contribution >= 0.6 is 11.3 Å². The first-order valence-electron chi connectivity index (χ1n) is 5.14. The van der Waals surface area contributed by atoms with E-state index >= 15 is 0 Å². The lowest BCUT2D eigenvalue weighted by molar-refractivity contribution is -0.274. The molecule has 14 heteroatoms. The van der Waals surface area contributed by atoms with Crippen molar-refractivity contribution < 1.29 is 44.0 Å². The van der Waals surface area contributed by atoms with Gasteiger partial charge in [0, 0.05) is 6.07 Å². The van der Waals surface area contributed by atoms with E-state index in [4.69, 9.17) is 18.7 Å². The zero-order chi connectivity index (χ0) is 18.1. The lowest BCUT2D eigenvalue weighted by atomic mass is 10.3. The third kappa shape index (κ3) is 6.07. The Labute approximate surface area is 128 Å². The van der Waals surface area contributed by atoms with Gasteiger partial charge in [0.1, 0.15) is 5.75 Å². The lowest BCUT2D eigenvalue weighted by Gasteiger charge is -2.07. The van der Waals surface area contributed by atoms with Crippen molar-refractivity contribution in [3.8, 4) is 5.75 Å². The first kappa shape index (κ1) is 19.2. The van der Waals surface area contributed by atoms with Crippen molar-refractivity contribution in [1.82, 2.24) is 4.98 Å². The highest BCUT2D eigenvalue weighted by Crippen LogP contribution is 2.30. The minimum atomic E-state index is -5.84. The molecule has 1 aromatic carbocycles. The van der Waals surface area contributed by atoms with E-state index < -0.39 is 22.0 Å². The summed E-state index contributed by atoms with van der Waals surface area (Å²) in [6.45, 7) is 0. The molecule has 0 amide bonds. The normalized spacial score (nSPS) is 12.7. The molecule has 0 bridgehead atoms. The second kappa shape index (κ2) is 6.37. The maximum absolute atomic E-state index is 11.9. The monoisotopic (exact) mass is 384 g/mol. The predicted octanol–water partition coefficient (Wildman–Crippen LogP) is 3.17. The molecule has 0 spiro atoms. The van der Waals surface area contributed by atoms with Crippen molar-refractivity contribution in [1.29, 1.82) is 0 Å². The highest BCUT2D eigenvalue weighted by molar-refractivity contribution is 7.86. The van der Waals surface area contributed by atoms with Crippen molar-refractivity contribution in [3.05, 3.63) is 18.2 Å². The number of ether oxygens (including phenoxy) is 1. The van der Waals surface area contributed by atoms with Gasteiger partial charge >= 0.3 is 22.0 Å². The molecule has 0 aliphatic carbocycles. The summed E-state index contributed by atoms with van der Waals surface area (Å²) < 4.78 is 97.5. The smallest absolute Gasteiger partial charge is 0.406 e. The van der Waals surface area contributed by atoms with E-state index in [0.29, 0.717) is 15.3 Å². The SMILES string of the molecule is Nc1nc2ccc(OC(F)(F)F)cc2s1.O=S(=O)(O)C(F)(F)F. The first-order valence-corrected chi connectivity index (χ1v) is 7.40. The Balaban J connectivity index is 0.000000284. The first-order chi connectivity index (χ1) is 10.2. The molecular weight excluding hydrogens is 378 g/mol. The zero-order valence-corrected chi connectivity index (χ0v) is 12.1. The van der Waals surface area contributed by atoms with Gasteiger partial charge in [-0.2, -0.15) is 21.6 Å². The molecule has 0 aliphatic heterocycles. The van der Waals surface area contributed by atoms with Gasteiger partial charge in [-0.05, 0) is 12.1 Å². The van der Waals surface area contributed by atoms with Crippen molar-refractivity contribution in [3.63, 3.8) is 0 Å². The van der Waals surface area contributed by atoms with Crippen LogP contribution in [-0.2, 0) is 10.1 Å². The van der Waals surface area contributed by atoms with Gasteiger partial charge in [0.15, 0.2) is 5.13 Å². The van der Waals surface area contributed by atoms with Gasteiger partial charge < -0.3 is 10.5 Å². The van der Waals surface area contributed by atoms with Crippen LogP contribution in [0.3, 0.4) is 0 Å². The van der Waals surface area contributed by atoms with Gasteiger partial charge in [0.25, 0.3) is 0 Å².